The first kappa shape index (κ1) is 13.2. The van der Waals surface area contributed by atoms with E-state index in [1.165, 1.54) is 23.3 Å². The average molecular weight is 260 g/mol. The summed E-state index contributed by atoms with van der Waals surface area (Å²) in [6.07, 6.45) is 5.52. The molecule has 0 fully saturated rings. The molecule has 1 aromatic carbocycles. The number of nitrogens with one attached hydrogen (secondary N) is 1. The third kappa shape index (κ3) is 3.93. The predicted molar refractivity (Wildman–Crippen MR) is 77.9 cm³/mol. The first-order valence-corrected chi connectivity index (χ1v) is 7.44. The molecule has 1 atom stereocenters. The highest BCUT2D eigenvalue weighted by Gasteiger charge is 2.11. The van der Waals surface area contributed by atoms with E-state index < -0.39 is 0 Å². The predicted octanol–water partition coefficient (Wildman–Crippen LogP) is 3.82. The molecule has 1 unspecified atom stereocenters. The van der Waals surface area contributed by atoms with Gasteiger partial charge in [-0.15, -0.1) is 11.3 Å². The van der Waals surface area contributed by atoms with Gasteiger partial charge in [0.25, 0.3) is 0 Å². The molecule has 1 N–H and O–H groups in total. The quantitative estimate of drug-likeness (QED) is 0.818. The van der Waals surface area contributed by atoms with Crippen LogP contribution in [0.15, 0.2) is 42.0 Å². The average Bonchev–Trinajstić information content (AvgIpc) is 2.93. The lowest BCUT2D eigenvalue weighted by Gasteiger charge is -2.15. The molecule has 0 aliphatic carbocycles. The second-order valence-corrected chi connectivity index (χ2v) is 5.31. The summed E-state index contributed by atoms with van der Waals surface area (Å²) in [5.74, 6) is 0. The summed E-state index contributed by atoms with van der Waals surface area (Å²) < 4.78 is 0. The third-order valence-electron chi connectivity index (χ3n) is 3.05. The first-order chi connectivity index (χ1) is 8.90. The molecule has 2 rings (SSSR count). The second-order valence-electron chi connectivity index (χ2n) is 4.39. The maximum atomic E-state index is 4.17. The zero-order valence-corrected chi connectivity index (χ0v) is 11.6. The molecule has 1 aromatic heterocycles. The van der Waals surface area contributed by atoms with E-state index in [1.807, 2.05) is 11.7 Å². The van der Waals surface area contributed by atoms with Crippen molar-refractivity contribution in [3.05, 3.63) is 52.5 Å². The van der Waals surface area contributed by atoms with Gasteiger partial charge in [-0.1, -0.05) is 37.3 Å². The number of aromatic nitrogens is 1. The van der Waals surface area contributed by atoms with E-state index >= 15 is 0 Å². The third-order valence-corrected chi connectivity index (χ3v) is 3.94. The van der Waals surface area contributed by atoms with Crippen LogP contribution >= 0.6 is 11.3 Å². The van der Waals surface area contributed by atoms with Crippen LogP contribution < -0.4 is 5.32 Å². The molecular formula is C15H20N2S. The van der Waals surface area contributed by atoms with Crippen LogP contribution in [-0.2, 0) is 6.42 Å². The smallest absolute Gasteiger partial charge is 0.0794 e. The molecule has 0 saturated carbocycles. The van der Waals surface area contributed by atoms with Crippen molar-refractivity contribution in [1.82, 2.24) is 10.3 Å². The number of thiazole rings is 1. The van der Waals surface area contributed by atoms with Gasteiger partial charge in [0.05, 0.1) is 5.51 Å². The zero-order chi connectivity index (χ0) is 12.6. The number of benzene rings is 1. The standard InChI is InChI=1S/C15H20N2S/c1-2-17-14(15-11-16-12-18-15)10-6-9-13-7-4-3-5-8-13/h3-5,7-8,11-12,14,17H,2,6,9-10H2,1H3. The topological polar surface area (TPSA) is 24.9 Å². The van der Waals surface area contributed by atoms with Gasteiger partial charge in [-0.25, -0.2) is 0 Å². The number of hydrogen-bond donors (Lipinski definition) is 1. The maximum absolute atomic E-state index is 4.17. The number of hydrogen-bond acceptors (Lipinski definition) is 3. The van der Waals surface area contributed by atoms with E-state index in [1.54, 1.807) is 11.3 Å². The molecule has 96 valence electrons. The van der Waals surface area contributed by atoms with Crippen LogP contribution in [0, 0.1) is 0 Å². The molecule has 0 aliphatic rings. The summed E-state index contributed by atoms with van der Waals surface area (Å²) in [7, 11) is 0. The van der Waals surface area contributed by atoms with E-state index in [0.717, 1.165) is 13.0 Å². The van der Waals surface area contributed by atoms with Gasteiger partial charge in [0.15, 0.2) is 0 Å². The molecule has 2 aromatic rings. The Hall–Kier alpha value is -1.19. The van der Waals surface area contributed by atoms with Gasteiger partial charge in [-0.05, 0) is 31.4 Å². The normalized spacial score (nSPS) is 12.5. The summed E-state index contributed by atoms with van der Waals surface area (Å²) >= 11 is 1.74. The summed E-state index contributed by atoms with van der Waals surface area (Å²) in [5, 5.41) is 3.54. The Morgan fingerprint density at radius 1 is 1.28 bits per heavy atom. The van der Waals surface area contributed by atoms with Crippen LogP contribution in [0.3, 0.4) is 0 Å². The van der Waals surface area contributed by atoms with Crippen LogP contribution in [0.4, 0.5) is 0 Å². The van der Waals surface area contributed by atoms with Gasteiger partial charge in [0, 0.05) is 17.1 Å². The Balaban J connectivity index is 1.83. The number of aryl methyl sites for hydroxylation is 1. The highest BCUT2D eigenvalue weighted by molar-refractivity contribution is 7.09. The lowest BCUT2D eigenvalue weighted by Crippen LogP contribution is -2.20. The Kier molecular flexibility index (Phi) is 5.36. The number of nitrogens with zero attached hydrogens (tertiary/aromatic N) is 1. The Morgan fingerprint density at radius 2 is 2.11 bits per heavy atom. The first-order valence-electron chi connectivity index (χ1n) is 6.56. The molecular weight excluding hydrogens is 240 g/mol. The lowest BCUT2D eigenvalue weighted by molar-refractivity contribution is 0.504. The van der Waals surface area contributed by atoms with Gasteiger partial charge in [0.2, 0.25) is 0 Å². The Bertz CT molecular complexity index is 425. The van der Waals surface area contributed by atoms with Crippen molar-refractivity contribution in [1.29, 1.82) is 0 Å². The van der Waals surface area contributed by atoms with E-state index in [4.69, 9.17) is 0 Å². The van der Waals surface area contributed by atoms with Crippen LogP contribution in [-0.4, -0.2) is 11.5 Å². The minimum absolute atomic E-state index is 0.464. The second kappa shape index (κ2) is 7.29. The highest BCUT2D eigenvalue weighted by atomic mass is 32.1. The molecule has 1 heterocycles. The van der Waals surface area contributed by atoms with Crippen LogP contribution in [0.2, 0.25) is 0 Å². The van der Waals surface area contributed by atoms with Gasteiger partial charge in [-0.3, -0.25) is 4.98 Å². The molecule has 18 heavy (non-hydrogen) atoms. The lowest BCUT2D eigenvalue weighted by atomic mass is 10.0. The SMILES string of the molecule is CCNC(CCCc1ccccc1)c1cncs1. The van der Waals surface area contributed by atoms with Gasteiger partial charge in [-0.2, -0.15) is 0 Å². The fourth-order valence-electron chi connectivity index (χ4n) is 2.14. The Morgan fingerprint density at radius 3 is 2.78 bits per heavy atom. The molecule has 3 heteroatoms. The molecule has 0 bridgehead atoms. The van der Waals surface area contributed by atoms with Crippen LogP contribution in [0.5, 0.6) is 0 Å². The highest BCUT2D eigenvalue weighted by Crippen LogP contribution is 2.22. The molecule has 0 saturated heterocycles. The summed E-state index contributed by atoms with van der Waals surface area (Å²) in [5.41, 5.74) is 3.34. The summed E-state index contributed by atoms with van der Waals surface area (Å²) in [6.45, 7) is 3.17. The molecule has 0 aliphatic heterocycles. The minimum atomic E-state index is 0.464. The van der Waals surface area contributed by atoms with Crippen molar-refractivity contribution in [3.63, 3.8) is 0 Å². The van der Waals surface area contributed by atoms with E-state index in [0.29, 0.717) is 6.04 Å². The van der Waals surface area contributed by atoms with Crippen molar-refractivity contribution < 1.29 is 0 Å². The van der Waals surface area contributed by atoms with Crippen molar-refractivity contribution >= 4 is 11.3 Å². The van der Waals surface area contributed by atoms with E-state index in [9.17, 15) is 0 Å². The van der Waals surface area contributed by atoms with Gasteiger partial charge >= 0.3 is 0 Å². The van der Waals surface area contributed by atoms with Crippen molar-refractivity contribution in [3.8, 4) is 0 Å². The summed E-state index contributed by atoms with van der Waals surface area (Å²) in [4.78, 5) is 5.52. The van der Waals surface area contributed by atoms with Crippen molar-refractivity contribution in [2.45, 2.75) is 32.2 Å². The van der Waals surface area contributed by atoms with Crippen LogP contribution in [0.25, 0.3) is 0 Å². The molecule has 0 radical (unpaired) electrons. The van der Waals surface area contributed by atoms with Crippen LogP contribution in [0.1, 0.15) is 36.2 Å². The van der Waals surface area contributed by atoms with Gasteiger partial charge in [0.1, 0.15) is 0 Å². The van der Waals surface area contributed by atoms with Gasteiger partial charge < -0.3 is 5.32 Å². The van der Waals surface area contributed by atoms with E-state index in [-0.39, 0.29) is 0 Å². The molecule has 2 nitrogen and oxygen atoms in total. The maximum Gasteiger partial charge on any atom is 0.0794 e. The van der Waals surface area contributed by atoms with E-state index in [2.05, 4.69) is 47.6 Å². The summed E-state index contributed by atoms with van der Waals surface area (Å²) in [6, 6.07) is 11.2. The van der Waals surface area contributed by atoms with Crippen molar-refractivity contribution in [2.75, 3.05) is 6.54 Å². The monoisotopic (exact) mass is 260 g/mol. The molecule has 0 spiro atoms. The largest absolute Gasteiger partial charge is 0.309 e. The number of rotatable bonds is 7. The fraction of sp³-hybridized carbons (Fsp3) is 0.400. The molecule has 0 amide bonds. The van der Waals surface area contributed by atoms with Crippen molar-refractivity contribution in [2.24, 2.45) is 0 Å². The Labute approximate surface area is 113 Å². The minimum Gasteiger partial charge on any atom is -0.309 e. The zero-order valence-electron chi connectivity index (χ0n) is 10.8. The fourth-order valence-corrected chi connectivity index (χ4v) is 2.87.